The summed E-state index contributed by atoms with van der Waals surface area (Å²) >= 11 is 0. The number of aromatic nitrogens is 3. The second kappa shape index (κ2) is 8.67. The van der Waals surface area contributed by atoms with Gasteiger partial charge in [-0.3, -0.25) is 24.4 Å². The number of amides is 2. The van der Waals surface area contributed by atoms with Crippen molar-refractivity contribution in [3.8, 4) is 0 Å². The van der Waals surface area contributed by atoms with E-state index < -0.39 is 0 Å². The van der Waals surface area contributed by atoms with E-state index in [0.717, 1.165) is 24.0 Å². The zero-order chi connectivity index (χ0) is 22.0. The molecule has 8 nitrogen and oxygen atoms in total. The average Bonchev–Trinajstić information content (AvgIpc) is 2.79. The van der Waals surface area contributed by atoms with E-state index in [4.69, 9.17) is 0 Å². The van der Waals surface area contributed by atoms with Gasteiger partial charge in [-0.2, -0.15) is 0 Å². The number of rotatable bonds is 5. The van der Waals surface area contributed by atoms with Gasteiger partial charge in [-0.25, -0.2) is 0 Å². The van der Waals surface area contributed by atoms with Gasteiger partial charge < -0.3 is 14.8 Å². The predicted octanol–water partition coefficient (Wildman–Crippen LogP) is 2.06. The molecule has 3 aromatic rings. The standard InChI is InChI=1S/C23H25N5O3/c1-3-4-9-26-21(29)19-16-8-12-28(14-15(16)13-27(2)23(19)31)22(30)17-6-5-7-18-20(17)25-11-10-24-18/h5-7,10-11,13H,3-4,8-9,12,14H2,1-2H3,(H,26,29). The summed E-state index contributed by atoms with van der Waals surface area (Å²) in [6.07, 6.45) is 7.16. The maximum atomic E-state index is 13.3. The molecule has 2 aromatic heterocycles. The number of hydrogen-bond acceptors (Lipinski definition) is 5. The van der Waals surface area contributed by atoms with Gasteiger partial charge in [0.05, 0.1) is 11.1 Å². The number of nitrogens with one attached hydrogen (secondary N) is 1. The third kappa shape index (κ3) is 3.93. The Balaban J connectivity index is 1.65. The summed E-state index contributed by atoms with van der Waals surface area (Å²) in [5, 5.41) is 2.85. The van der Waals surface area contributed by atoms with Gasteiger partial charge in [-0.05, 0) is 36.1 Å². The Morgan fingerprint density at radius 2 is 2.00 bits per heavy atom. The van der Waals surface area contributed by atoms with Crippen LogP contribution in [0.4, 0.5) is 0 Å². The molecule has 0 saturated carbocycles. The summed E-state index contributed by atoms with van der Waals surface area (Å²) < 4.78 is 1.42. The van der Waals surface area contributed by atoms with Crippen LogP contribution in [-0.2, 0) is 20.0 Å². The summed E-state index contributed by atoms with van der Waals surface area (Å²) in [7, 11) is 1.63. The van der Waals surface area contributed by atoms with Crippen molar-refractivity contribution in [3.05, 3.63) is 69.4 Å². The Labute approximate surface area is 179 Å². The number of benzene rings is 1. The average molecular weight is 419 g/mol. The van der Waals surface area contributed by atoms with E-state index in [0.29, 0.717) is 42.7 Å². The van der Waals surface area contributed by atoms with Crippen LogP contribution in [0, 0.1) is 0 Å². The number of carbonyl (C=O) groups excluding carboxylic acids is 2. The van der Waals surface area contributed by atoms with Gasteiger partial charge in [0, 0.05) is 45.3 Å². The van der Waals surface area contributed by atoms with E-state index in [2.05, 4.69) is 15.3 Å². The summed E-state index contributed by atoms with van der Waals surface area (Å²) in [6, 6.07) is 5.37. The summed E-state index contributed by atoms with van der Waals surface area (Å²) in [5.41, 5.74) is 3.16. The molecule has 0 fully saturated rings. The summed E-state index contributed by atoms with van der Waals surface area (Å²) in [4.78, 5) is 49.0. The Bertz CT molecular complexity index is 1210. The lowest BCUT2D eigenvalue weighted by molar-refractivity contribution is 0.0735. The minimum absolute atomic E-state index is 0.139. The zero-order valence-electron chi connectivity index (χ0n) is 17.7. The first-order valence-electron chi connectivity index (χ1n) is 10.5. The monoisotopic (exact) mass is 419 g/mol. The number of pyridine rings is 1. The van der Waals surface area contributed by atoms with Gasteiger partial charge in [-0.1, -0.05) is 19.4 Å². The zero-order valence-corrected chi connectivity index (χ0v) is 17.7. The fourth-order valence-corrected chi connectivity index (χ4v) is 4.00. The van der Waals surface area contributed by atoms with Crippen LogP contribution in [0.3, 0.4) is 0 Å². The van der Waals surface area contributed by atoms with E-state index >= 15 is 0 Å². The smallest absolute Gasteiger partial charge is 0.263 e. The maximum absolute atomic E-state index is 13.3. The minimum atomic E-state index is -0.338. The van der Waals surface area contributed by atoms with Crippen LogP contribution in [0.25, 0.3) is 11.0 Å². The Hall–Kier alpha value is -3.55. The summed E-state index contributed by atoms with van der Waals surface area (Å²) in [5.74, 6) is -0.477. The maximum Gasteiger partial charge on any atom is 0.263 e. The van der Waals surface area contributed by atoms with Crippen molar-refractivity contribution in [1.29, 1.82) is 0 Å². The molecule has 4 rings (SSSR count). The molecule has 0 atom stereocenters. The van der Waals surface area contributed by atoms with E-state index in [9.17, 15) is 14.4 Å². The number of para-hydroxylation sites is 1. The van der Waals surface area contributed by atoms with Crippen LogP contribution >= 0.6 is 0 Å². The highest BCUT2D eigenvalue weighted by molar-refractivity contribution is 6.04. The molecular weight excluding hydrogens is 394 g/mol. The van der Waals surface area contributed by atoms with Gasteiger partial charge in [0.2, 0.25) is 0 Å². The fourth-order valence-electron chi connectivity index (χ4n) is 4.00. The van der Waals surface area contributed by atoms with Crippen LogP contribution in [0.1, 0.15) is 51.6 Å². The quantitative estimate of drug-likeness (QED) is 0.639. The van der Waals surface area contributed by atoms with E-state index in [1.807, 2.05) is 13.0 Å². The normalized spacial score (nSPS) is 13.2. The van der Waals surface area contributed by atoms with E-state index in [1.54, 1.807) is 42.7 Å². The molecule has 1 aliphatic rings. The van der Waals surface area contributed by atoms with E-state index in [1.165, 1.54) is 4.57 Å². The van der Waals surface area contributed by atoms with Crippen molar-refractivity contribution >= 4 is 22.8 Å². The van der Waals surface area contributed by atoms with Gasteiger partial charge in [0.15, 0.2) is 0 Å². The lowest BCUT2D eigenvalue weighted by Crippen LogP contribution is -2.41. The lowest BCUT2D eigenvalue weighted by Gasteiger charge is -2.30. The minimum Gasteiger partial charge on any atom is -0.352 e. The molecule has 31 heavy (non-hydrogen) atoms. The topological polar surface area (TPSA) is 97.2 Å². The highest BCUT2D eigenvalue weighted by atomic mass is 16.2. The number of fused-ring (bicyclic) bond motifs is 2. The molecule has 0 spiro atoms. The molecule has 1 aliphatic heterocycles. The Morgan fingerprint density at radius 3 is 2.81 bits per heavy atom. The predicted molar refractivity (Wildman–Crippen MR) is 117 cm³/mol. The number of carbonyl (C=O) groups is 2. The first-order chi connectivity index (χ1) is 15.0. The number of aryl methyl sites for hydroxylation is 1. The van der Waals surface area contributed by atoms with Crippen molar-refractivity contribution < 1.29 is 9.59 Å². The third-order valence-corrected chi connectivity index (χ3v) is 5.63. The van der Waals surface area contributed by atoms with Crippen molar-refractivity contribution in [2.24, 2.45) is 7.05 Å². The number of hydrogen-bond donors (Lipinski definition) is 1. The largest absolute Gasteiger partial charge is 0.352 e. The second-order valence-electron chi connectivity index (χ2n) is 7.74. The second-order valence-corrected chi connectivity index (χ2v) is 7.74. The first kappa shape index (κ1) is 20.7. The fraction of sp³-hybridized carbons (Fsp3) is 0.348. The van der Waals surface area contributed by atoms with Crippen molar-refractivity contribution in [3.63, 3.8) is 0 Å². The highest BCUT2D eigenvalue weighted by Gasteiger charge is 2.28. The first-order valence-corrected chi connectivity index (χ1v) is 10.5. The van der Waals surface area contributed by atoms with Gasteiger partial charge in [-0.15, -0.1) is 0 Å². The summed E-state index contributed by atoms with van der Waals surface area (Å²) in [6.45, 7) is 3.33. The highest BCUT2D eigenvalue weighted by Crippen LogP contribution is 2.24. The molecule has 0 bridgehead atoms. The van der Waals surface area contributed by atoms with Crippen LogP contribution in [0.2, 0.25) is 0 Å². The molecule has 0 unspecified atom stereocenters. The molecule has 1 aromatic carbocycles. The third-order valence-electron chi connectivity index (χ3n) is 5.63. The van der Waals surface area contributed by atoms with Crippen molar-refractivity contribution in [1.82, 2.24) is 24.8 Å². The molecule has 1 N–H and O–H groups in total. The van der Waals surface area contributed by atoms with Crippen LogP contribution in [-0.4, -0.2) is 44.3 Å². The molecule has 160 valence electrons. The molecule has 0 aliphatic carbocycles. The molecule has 3 heterocycles. The van der Waals surface area contributed by atoms with Gasteiger partial charge in [0.1, 0.15) is 11.1 Å². The lowest BCUT2D eigenvalue weighted by atomic mass is 9.95. The Kier molecular flexibility index (Phi) is 5.79. The van der Waals surface area contributed by atoms with Crippen LogP contribution < -0.4 is 10.9 Å². The van der Waals surface area contributed by atoms with Gasteiger partial charge >= 0.3 is 0 Å². The molecule has 0 radical (unpaired) electrons. The molecule has 2 amide bonds. The SMILES string of the molecule is CCCCNC(=O)c1c2c(cn(C)c1=O)CN(C(=O)c1cccc3nccnc13)CC2. The molecule has 8 heteroatoms. The number of nitrogens with zero attached hydrogens (tertiary/aromatic N) is 4. The van der Waals surface area contributed by atoms with Crippen molar-refractivity contribution in [2.75, 3.05) is 13.1 Å². The van der Waals surface area contributed by atoms with Gasteiger partial charge in [0.25, 0.3) is 17.4 Å². The molecule has 0 saturated heterocycles. The van der Waals surface area contributed by atoms with Crippen molar-refractivity contribution in [2.45, 2.75) is 32.7 Å². The Morgan fingerprint density at radius 1 is 1.19 bits per heavy atom. The van der Waals surface area contributed by atoms with Crippen LogP contribution in [0.5, 0.6) is 0 Å². The molecular formula is C23H25N5O3. The number of unbranched alkanes of at least 4 members (excludes halogenated alkanes) is 1. The van der Waals surface area contributed by atoms with E-state index in [-0.39, 0.29) is 22.9 Å². The van der Waals surface area contributed by atoms with Crippen LogP contribution in [0.15, 0.2) is 41.6 Å².